The molecule has 0 saturated heterocycles. The second-order valence-electron chi connectivity index (χ2n) is 4.90. The molecule has 0 saturated carbocycles. The van der Waals surface area contributed by atoms with E-state index in [9.17, 15) is 14.9 Å². The molecule has 0 radical (unpaired) electrons. The number of carboxylic acid groups (broad SMARTS) is 1. The molecule has 0 amide bonds. The van der Waals surface area contributed by atoms with E-state index in [2.05, 4.69) is 0 Å². The molecule has 1 atom stereocenters. The van der Waals surface area contributed by atoms with Crippen molar-refractivity contribution in [3.05, 3.63) is 44.1 Å². The number of allylic oxidation sites excluding steroid dienone is 1. The lowest BCUT2D eigenvalue weighted by Crippen LogP contribution is -2.24. The van der Waals surface area contributed by atoms with Crippen LogP contribution in [0, 0.1) is 24.0 Å². The first-order valence-electron chi connectivity index (χ1n) is 6.16. The molecule has 6 nitrogen and oxygen atoms in total. The molecule has 1 aliphatic heterocycles. The van der Waals surface area contributed by atoms with Gasteiger partial charge < -0.3 is 9.84 Å². The van der Waals surface area contributed by atoms with Crippen molar-refractivity contribution in [1.29, 1.82) is 0 Å². The Bertz CT molecular complexity index is 633. The van der Waals surface area contributed by atoms with Crippen molar-refractivity contribution in [2.75, 3.05) is 0 Å². The first-order valence-corrected chi connectivity index (χ1v) is 6.16. The van der Waals surface area contributed by atoms with Crippen LogP contribution < -0.4 is 4.74 Å². The average molecular weight is 277 g/mol. The zero-order valence-electron chi connectivity index (χ0n) is 11.5. The third-order valence-electron chi connectivity index (χ3n) is 3.55. The smallest absolute Gasteiger partial charge is 0.345 e. The van der Waals surface area contributed by atoms with Crippen LogP contribution in [0.15, 0.2) is 11.8 Å². The lowest BCUT2D eigenvalue weighted by Gasteiger charge is -2.11. The Kier molecular flexibility index (Phi) is 3.48. The highest BCUT2D eigenvalue weighted by Gasteiger charge is 2.31. The van der Waals surface area contributed by atoms with Crippen LogP contribution in [0.1, 0.15) is 29.2 Å². The van der Waals surface area contributed by atoms with E-state index in [1.54, 1.807) is 6.07 Å². The SMILES string of the molecule is CC(=Cc1cc2c(c(C)c1C)OC(C(=O)O)C2)[N+](=O)[O-]. The fourth-order valence-corrected chi connectivity index (χ4v) is 2.25. The Labute approximate surface area is 115 Å². The van der Waals surface area contributed by atoms with Gasteiger partial charge in [0, 0.05) is 19.4 Å². The highest BCUT2D eigenvalue weighted by Crippen LogP contribution is 2.36. The van der Waals surface area contributed by atoms with Gasteiger partial charge in [-0.25, -0.2) is 4.79 Å². The number of aliphatic carboxylic acids is 1. The summed E-state index contributed by atoms with van der Waals surface area (Å²) in [6.45, 7) is 5.10. The molecule has 0 bridgehead atoms. The van der Waals surface area contributed by atoms with Crippen molar-refractivity contribution in [3.63, 3.8) is 0 Å². The molecule has 20 heavy (non-hydrogen) atoms. The van der Waals surface area contributed by atoms with Gasteiger partial charge in [0.2, 0.25) is 5.70 Å². The lowest BCUT2D eigenvalue weighted by atomic mass is 9.96. The number of nitro groups is 1. The topological polar surface area (TPSA) is 89.7 Å². The number of hydrogen-bond donors (Lipinski definition) is 1. The van der Waals surface area contributed by atoms with Crippen LogP contribution in [0.3, 0.4) is 0 Å². The van der Waals surface area contributed by atoms with Crippen LogP contribution in [0.5, 0.6) is 5.75 Å². The van der Waals surface area contributed by atoms with Crippen LogP contribution in [0.25, 0.3) is 6.08 Å². The molecule has 0 aromatic heterocycles. The van der Waals surface area contributed by atoms with Crippen LogP contribution in [-0.2, 0) is 11.2 Å². The van der Waals surface area contributed by atoms with Crippen LogP contribution in [-0.4, -0.2) is 22.1 Å². The molecule has 1 heterocycles. The highest BCUT2D eigenvalue weighted by atomic mass is 16.6. The molecule has 0 aliphatic carbocycles. The van der Waals surface area contributed by atoms with Gasteiger partial charge in [-0.2, -0.15) is 0 Å². The van der Waals surface area contributed by atoms with Gasteiger partial charge in [-0.05, 0) is 42.2 Å². The maximum absolute atomic E-state index is 11.0. The van der Waals surface area contributed by atoms with E-state index in [1.165, 1.54) is 13.0 Å². The summed E-state index contributed by atoms with van der Waals surface area (Å²) in [6, 6.07) is 1.77. The van der Waals surface area contributed by atoms with Crippen molar-refractivity contribution in [2.24, 2.45) is 0 Å². The predicted molar refractivity (Wildman–Crippen MR) is 72.3 cm³/mol. The van der Waals surface area contributed by atoms with E-state index in [4.69, 9.17) is 9.84 Å². The largest absolute Gasteiger partial charge is 0.478 e. The molecule has 1 aromatic carbocycles. The van der Waals surface area contributed by atoms with Crippen molar-refractivity contribution in [1.82, 2.24) is 0 Å². The van der Waals surface area contributed by atoms with Gasteiger partial charge >= 0.3 is 5.97 Å². The summed E-state index contributed by atoms with van der Waals surface area (Å²) in [7, 11) is 0. The third kappa shape index (κ3) is 2.36. The Balaban J connectivity index is 2.48. The summed E-state index contributed by atoms with van der Waals surface area (Å²) in [5.74, 6) is -0.414. The fraction of sp³-hybridized carbons (Fsp3) is 0.357. The van der Waals surface area contributed by atoms with Gasteiger partial charge in [0.05, 0.1) is 4.92 Å². The fourth-order valence-electron chi connectivity index (χ4n) is 2.25. The number of benzene rings is 1. The van der Waals surface area contributed by atoms with E-state index < -0.39 is 17.0 Å². The monoisotopic (exact) mass is 277 g/mol. The second-order valence-corrected chi connectivity index (χ2v) is 4.90. The minimum atomic E-state index is -1.00. The predicted octanol–water partition coefficient (Wildman–Crippen LogP) is 2.33. The zero-order valence-corrected chi connectivity index (χ0v) is 11.5. The maximum Gasteiger partial charge on any atom is 0.345 e. The number of carboxylic acids is 1. The molecule has 0 spiro atoms. The quantitative estimate of drug-likeness (QED) is 0.676. The van der Waals surface area contributed by atoms with Gasteiger partial charge in [0.1, 0.15) is 5.75 Å². The van der Waals surface area contributed by atoms with Crippen LogP contribution >= 0.6 is 0 Å². The van der Waals surface area contributed by atoms with Crippen molar-refractivity contribution in [2.45, 2.75) is 33.3 Å². The summed E-state index contributed by atoms with van der Waals surface area (Å²) in [5, 5.41) is 19.7. The van der Waals surface area contributed by atoms with Gasteiger partial charge in [-0.15, -0.1) is 0 Å². The Morgan fingerprint density at radius 2 is 2.15 bits per heavy atom. The maximum atomic E-state index is 11.0. The number of rotatable bonds is 3. The first-order chi connectivity index (χ1) is 9.31. The van der Waals surface area contributed by atoms with E-state index in [1.807, 2.05) is 13.8 Å². The van der Waals surface area contributed by atoms with Crippen molar-refractivity contribution in [3.8, 4) is 5.75 Å². The number of carbonyl (C=O) groups is 1. The Morgan fingerprint density at radius 1 is 1.50 bits per heavy atom. The molecule has 106 valence electrons. The second kappa shape index (κ2) is 4.96. The van der Waals surface area contributed by atoms with Crippen LogP contribution in [0.2, 0.25) is 0 Å². The standard InChI is InChI=1S/C14H15NO5/c1-7(15(18)19)4-10-5-11-6-12(14(16)17)20-13(11)9(3)8(10)2/h4-5,12H,6H2,1-3H3,(H,16,17). The van der Waals surface area contributed by atoms with E-state index in [-0.39, 0.29) is 12.1 Å². The van der Waals surface area contributed by atoms with E-state index in [0.717, 1.165) is 22.3 Å². The molecule has 1 aromatic rings. The van der Waals surface area contributed by atoms with Gasteiger partial charge in [-0.1, -0.05) is 0 Å². The Morgan fingerprint density at radius 3 is 2.70 bits per heavy atom. The summed E-state index contributed by atoms with van der Waals surface area (Å²) in [6.07, 6.45) is 0.903. The minimum absolute atomic E-state index is 0.0427. The minimum Gasteiger partial charge on any atom is -0.478 e. The summed E-state index contributed by atoms with van der Waals surface area (Å²) in [4.78, 5) is 21.3. The van der Waals surface area contributed by atoms with E-state index in [0.29, 0.717) is 5.75 Å². The van der Waals surface area contributed by atoms with Crippen molar-refractivity contribution >= 4 is 12.0 Å². The molecule has 0 fully saturated rings. The Hall–Kier alpha value is -2.37. The van der Waals surface area contributed by atoms with E-state index >= 15 is 0 Å². The number of fused-ring (bicyclic) bond motifs is 1. The number of hydrogen-bond acceptors (Lipinski definition) is 4. The summed E-state index contributed by atoms with van der Waals surface area (Å²) >= 11 is 0. The number of ether oxygens (including phenoxy) is 1. The van der Waals surface area contributed by atoms with Gasteiger partial charge in [0.15, 0.2) is 6.10 Å². The third-order valence-corrected chi connectivity index (χ3v) is 3.55. The lowest BCUT2D eigenvalue weighted by molar-refractivity contribution is -0.422. The molecule has 2 rings (SSSR count). The summed E-state index contributed by atoms with van der Waals surface area (Å²) < 4.78 is 5.43. The molecule has 1 N–H and O–H groups in total. The zero-order chi connectivity index (χ0) is 15.0. The molecular formula is C14H15NO5. The molecular weight excluding hydrogens is 262 g/mol. The summed E-state index contributed by atoms with van der Waals surface area (Å²) in [5.41, 5.74) is 3.23. The average Bonchev–Trinajstić information content (AvgIpc) is 2.79. The first kappa shape index (κ1) is 14.0. The van der Waals surface area contributed by atoms with Gasteiger partial charge in [-0.3, -0.25) is 10.1 Å². The number of nitrogens with zero attached hydrogens (tertiary/aromatic N) is 1. The van der Waals surface area contributed by atoms with Crippen LogP contribution in [0.4, 0.5) is 0 Å². The normalized spacial score (nSPS) is 17.6. The molecule has 1 unspecified atom stereocenters. The van der Waals surface area contributed by atoms with Crippen molar-refractivity contribution < 1.29 is 19.6 Å². The molecule has 1 aliphatic rings. The van der Waals surface area contributed by atoms with Gasteiger partial charge in [0.25, 0.3) is 0 Å². The highest BCUT2D eigenvalue weighted by molar-refractivity contribution is 5.76. The molecule has 6 heteroatoms.